The molecular formula is C13H15ClINO3. The van der Waals surface area contributed by atoms with Crippen LogP contribution in [0.5, 0.6) is 5.75 Å². The molecule has 1 heterocycles. The van der Waals surface area contributed by atoms with Gasteiger partial charge in [0.2, 0.25) is 0 Å². The summed E-state index contributed by atoms with van der Waals surface area (Å²) in [6, 6.07) is 3.28. The van der Waals surface area contributed by atoms with Crippen LogP contribution in [0.4, 0.5) is 0 Å². The number of likely N-dealkylation sites (tertiary alicyclic amines) is 1. The van der Waals surface area contributed by atoms with Gasteiger partial charge in [-0.3, -0.25) is 4.79 Å². The lowest BCUT2D eigenvalue weighted by Crippen LogP contribution is -2.37. The monoisotopic (exact) mass is 395 g/mol. The lowest BCUT2D eigenvalue weighted by Gasteiger charge is -2.24. The summed E-state index contributed by atoms with van der Waals surface area (Å²) in [4.78, 5) is 14.2. The van der Waals surface area contributed by atoms with Gasteiger partial charge in [-0.1, -0.05) is 11.6 Å². The molecule has 0 saturated carbocycles. The molecule has 1 atom stereocenters. The summed E-state index contributed by atoms with van der Waals surface area (Å²) in [6.07, 6.45) is 1.75. The topological polar surface area (TPSA) is 49.8 Å². The summed E-state index contributed by atoms with van der Waals surface area (Å²) in [5.41, 5.74) is 0.452. The second-order valence-electron chi connectivity index (χ2n) is 4.44. The van der Waals surface area contributed by atoms with Gasteiger partial charge in [-0.2, -0.15) is 0 Å². The molecule has 1 fully saturated rings. The molecule has 6 heteroatoms. The molecule has 0 unspecified atom stereocenters. The maximum absolute atomic E-state index is 12.5. The highest BCUT2D eigenvalue weighted by Gasteiger charge is 2.30. The molecule has 4 nitrogen and oxygen atoms in total. The van der Waals surface area contributed by atoms with Gasteiger partial charge < -0.3 is 14.7 Å². The second kappa shape index (κ2) is 6.28. The number of carbonyl (C=O) groups excluding carboxylic acids is 1. The van der Waals surface area contributed by atoms with E-state index in [0.29, 0.717) is 22.9 Å². The zero-order chi connectivity index (χ0) is 14.0. The van der Waals surface area contributed by atoms with Crippen molar-refractivity contribution in [2.45, 2.75) is 18.9 Å². The molecule has 1 aromatic rings. The molecule has 1 N–H and O–H groups in total. The Morgan fingerprint density at radius 2 is 2.37 bits per heavy atom. The SMILES string of the molecule is COc1cc(I)c(Cl)cc1C(=O)N1CCC[C@H]1CO. The van der Waals surface area contributed by atoms with E-state index in [1.807, 2.05) is 0 Å². The summed E-state index contributed by atoms with van der Waals surface area (Å²) in [6.45, 7) is 0.656. The quantitative estimate of drug-likeness (QED) is 0.800. The molecule has 1 aliphatic heterocycles. The maximum atomic E-state index is 12.5. The van der Waals surface area contributed by atoms with Crippen molar-refractivity contribution in [3.63, 3.8) is 0 Å². The first-order valence-electron chi connectivity index (χ1n) is 6.03. The van der Waals surface area contributed by atoms with Crippen LogP contribution in [0.3, 0.4) is 0 Å². The zero-order valence-corrected chi connectivity index (χ0v) is 13.4. The van der Waals surface area contributed by atoms with Gasteiger partial charge in [0.25, 0.3) is 5.91 Å². The average molecular weight is 396 g/mol. The van der Waals surface area contributed by atoms with Crippen molar-refractivity contribution in [1.82, 2.24) is 4.90 Å². The molecule has 104 valence electrons. The predicted octanol–water partition coefficient (Wildman–Crippen LogP) is 2.55. The third-order valence-electron chi connectivity index (χ3n) is 3.32. The molecule has 0 aliphatic carbocycles. The Hall–Kier alpha value is -0.530. The van der Waals surface area contributed by atoms with Gasteiger partial charge in [-0.15, -0.1) is 0 Å². The first-order chi connectivity index (χ1) is 9.08. The number of rotatable bonds is 3. The molecule has 0 spiro atoms. The van der Waals surface area contributed by atoms with Gasteiger partial charge in [0.05, 0.1) is 30.3 Å². The van der Waals surface area contributed by atoms with Crippen molar-refractivity contribution in [2.24, 2.45) is 0 Å². The second-order valence-corrected chi connectivity index (χ2v) is 6.01. The fourth-order valence-electron chi connectivity index (χ4n) is 2.31. The Balaban J connectivity index is 2.35. The number of hydrogen-bond donors (Lipinski definition) is 1. The lowest BCUT2D eigenvalue weighted by atomic mass is 10.1. The number of carbonyl (C=O) groups is 1. The highest BCUT2D eigenvalue weighted by molar-refractivity contribution is 14.1. The van der Waals surface area contributed by atoms with Crippen molar-refractivity contribution in [3.8, 4) is 5.75 Å². The number of methoxy groups -OCH3 is 1. The smallest absolute Gasteiger partial charge is 0.258 e. The van der Waals surface area contributed by atoms with Crippen LogP contribution in [0.25, 0.3) is 0 Å². The summed E-state index contributed by atoms with van der Waals surface area (Å²) < 4.78 is 6.10. The minimum atomic E-state index is -0.133. The molecule has 1 aromatic carbocycles. The summed E-state index contributed by atoms with van der Waals surface area (Å²) in [7, 11) is 1.53. The number of halogens is 2. The molecule has 1 saturated heterocycles. The number of benzene rings is 1. The number of aliphatic hydroxyl groups is 1. The van der Waals surface area contributed by atoms with Crippen LogP contribution < -0.4 is 4.74 Å². The van der Waals surface area contributed by atoms with Crippen molar-refractivity contribution in [3.05, 3.63) is 26.3 Å². The van der Waals surface area contributed by atoms with E-state index in [2.05, 4.69) is 22.6 Å². The Morgan fingerprint density at radius 1 is 1.63 bits per heavy atom. The van der Waals surface area contributed by atoms with Gasteiger partial charge >= 0.3 is 0 Å². The third kappa shape index (κ3) is 2.98. The van der Waals surface area contributed by atoms with Crippen molar-refractivity contribution in [1.29, 1.82) is 0 Å². The van der Waals surface area contributed by atoms with Crippen LogP contribution in [0.1, 0.15) is 23.2 Å². The van der Waals surface area contributed by atoms with Crippen molar-refractivity contribution in [2.75, 3.05) is 20.3 Å². The maximum Gasteiger partial charge on any atom is 0.258 e. The molecular weight excluding hydrogens is 381 g/mol. The van der Waals surface area contributed by atoms with Crippen LogP contribution in [0.15, 0.2) is 12.1 Å². The molecule has 1 amide bonds. The zero-order valence-electron chi connectivity index (χ0n) is 10.5. The molecule has 1 aliphatic rings. The largest absolute Gasteiger partial charge is 0.496 e. The fourth-order valence-corrected chi connectivity index (χ4v) is 2.91. The standard InChI is InChI=1S/C13H15ClINO3/c1-19-12-6-11(15)10(14)5-9(12)13(18)16-4-2-3-8(16)7-17/h5-6,8,17H,2-4,7H2,1H3/t8-/m0/s1. The highest BCUT2D eigenvalue weighted by atomic mass is 127. The number of hydrogen-bond acceptors (Lipinski definition) is 3. The fraction of sp³-hybridized carbons (Fsp3) is 0.462. The molecule has 0 radical (unpaired) electrons. The minimum absolute atomic E-state index is 0.00778. The van der Waals surface area contributed by atoms with Gasteiger partial charge in [0, 0.05) is 10.1 Å². The van der Waals surface area contributed by atoms with E-state index < -0.39 is 0 Å². The molecule has 2 rings (SSSR count). The van der Waals surface area contributed by atoms with E-state index in [-0.39, 0.29) is 18.6 Å². The van der Waals surface area contributed by atoms with Gasteiger partial charge in [0.15, 0.2) is 0 Å². The van der Waals surface area contributed by atoms with Gasteiger partial charge in [-0.25, -0.2) is 0 Å². The Bertz CT molecular complexity index is 495. The number of aliphatic hydroxyl groups excluding tert-OH is 1. The van der Waals surface area contributed by atoms with Crippen LogP contribution in [-0.4, -0.2) is 42.2 Å². The Labute approximate surface area is 130 Å². The van der Waals surface area contributed by atoms with Gasteiger partial charge in [-0.05, 0) is 47.6 Å². The van der Waals surface area contributed by atoms with E-state index in [1.54, 1.807) is 17.0 Å². The highest BCUT2D eigenvalue weighted by Crippen LogP contribution is 2.30. The summed E-state index contributed by atoms with van der Waals surface area (Å²) in [5, 5.41) is 9.84. The van der Waals surface area contributed by atoms with E-state index in [0.717, 1.165) is 16.4 Å². The van der Waals surface area contributed by atoms with E-state index in [4.69, 9.17) is 16.3 Å². The normalized spacial score (nSPS) is 18.7. The summed E-state index contributed by atoms with van der Waals surface area (Å²) >= 11 is 8.18. The lowest BCUT2D eigenvalue weighted by molar-refractivity contribution is 0.0674. The van der Waals surface area contributed by atoms with Crippen LogP contribution in [-0.2, 0) is 0 Å². The van der Waals surface area contributed by atoms with E-state index >= 15 is 0 Å². The van der Waals surface area contributed by atoms with Crippen molar-refractivity contribution < 1.29 is 14.6 Å². The number of nitrogens with zero attached hydrogens (tertiary/aromatic N) is 1. The number of ether oxygens (including phenoxy) is 1. The third-order valence-corrected chi connectivity index (χ3v) is 4.85. The van der Waals surface area contributed by atoms with E-state index in [1.165, 1.54) is 7.11 Å². The Morgan fingerprint density at radius 3 is 3.00 bits per heavy atom. The first kappa shape index (κ1) is 14.9. The predicted molar refractivity (Wildman–Crippen MR) is 81.9 cm³/mol. The number of amides is 1. The first-order valence-corrected chi connectivity index (χ1v) is 7.49. The average Bonchev–Trinajstić information content (AvgIpc) is 2.88. The Kier molecular flexibility index (Phi) is 4.92. The van der Waals surface area contributed by atoms with Crippen LogP contribution >= 0.6 is 34.2 Å². The molecule has 0 bridgehead atoms. The molecule has 19 heavy (non-hydrogen) atoms. The summed E-state index contributed by atoms with van der Waals surface area (Å²) in [5.74, 6) is 0.383. The minimum Gasteiger partial charge on any atom is -0.496 e. The van der Waals surface area contributed by atoms with Crippen LogP contribution in [0.2, 0.25) is 5.02 Å². The van der Waals surface area contributed by atoms with Crippen molar-refractivity contribution >= 4 is 40.1 Å². The molecule has 0 aromatic heterocycles. The van der Waals surface area contributed by atoms with Gasteiger partial charge in [0.1, 0.15) is 5.75 Å². The van der Waals surface area contributed by atoms with Crippen LogP contribution in [0, 0.1) is 3.57 Å². The van der Waals surface area contributed by atoms with E-state index in [9.17, 15) is 9.90 Å².